The van der Waals surface area contributed by atoms with Crippen molar-refractivity contribution in [1.29, 1.82) is 0 Å². The van der Waals surface area contributed by atoms with Gasteiger partial charge in [-0.3, -0.25) is 9.89 Å². The van der Waals surface area contributed by atoms with Crippen molar-refractivity contribution in [2.24, 2.45) is 4.99 Å². The number of guanidine groups is 1. The van der Waals surface area contributed by atoms with Gasteiger partial charge in [-0.15, -0.1) is 0 Å². The average molecular weight is 366 g/mol. The Morgan fingerprint density at radius 2 is 1.96 bits per heavy atom. The van der Waals surface area contributed by atoms with Gasteiger partial charge in [0.15, 0.2) is 5.96 Å². The van der Waals surface area contributed by atoms with Gasteiger partial charge in [-0.2, -0.15) is 8.78 Å². The summed E-state index contributed by atoms with van der Waals surface area (Å²) in [5.74, 6) is 1.54. The van der Waals surface area contributed by atoms with Gasteiger partial charge >= 0.3 is 6.61 Å². The molecule has 0 fully saturated rings. The van der Waals surface area contributed by atoms with Crippen LogP contribution in [0.1, 0.15) is 17.4 Å². The molecule has 2 aromatic rings. The van der Waals surface area contributed by atoms with Crippen LogP contribution in [0.15, 0.2) is 52.1 Å². The first-order chi connectivity index (χ1) is 12.5. The van der Waals surface area contributed by atoms with E-state index in [4.69, 9.17) is 4.42 Å². The number of halogens is 2. The van der Waals surface area contributed by atoms with Gasteiger partial charge in [-0.25, -0.2) is 0 Å². The average Bonchev–Trinajstić information content (AvgIpc) is 3.12. The van der Waals surface area contributed by atoms with E-state index in [2.05, 4.69) is 20.4 Å². The van der Waals surface area contributed by atoms with E-state index in [1.807, 2.05) is 31.1 Å². The summed E-state index contributed by atoms with van der Waals surface area (Å²) in [6, 6.07) is 10.4. The van der Waals surface area contributed by atoms with Crippen LogP contribution in [0, 0.1) is 0 Å². The van der Waals surface area contributed by atoms with Crippen LogP contribution in [-0.2, 0) is 6.54 Å². The second-order valence-electron chi connectivity index (χ2n) is 5.79. The van der Waals surface area contributed by atoms with Crippen LogP contribution in [0.25, 0.3) is 0 Å². The predicted octanol–water partition coefficient (Wildman–Crippen LogP) is 2.85. The lowest BCUT2D eigenvalue weighted by Crippen LogP contribution is -2.41. The smallest absolute Gasteiger partial charge is 0.387 e. The fraction of sp³-hybridized carbons (Fsp3) is 0.389. The van der Waals surface area contributed by atoms with Gasteiger partial charge in [0, 0.05) is 25.7 Å². The normalized spacial score (nSPS) is 13.1. The Morgan fingerprint density at radius 1 is 1.19 bits per heavy atom. The number of hydrogen-bond donors (Lipinski definition) is 2. The summed E-state index contributed by atoms with van der Waals surface area (Å²) in [5.41, 5.74) is 0.617. The minimum absolute atomic E-state index is 0.0259. The zero-order chi connectivity index (χ0) is 18.9. The molecule has 142 valence electrons. The summed E-state index contributed by atoms with van der Waals surface area (Å²) in [6.07, 6.45) is 1.64. The monoisotopic (exact) mass is 366 g/mol. The first-order valence-corrected chi connectivity index (χ1v) is 8.18. The van der Waals surface area contributed by atoms with Gasteiger partial charge in [0.25, 0.3) is 0 Å². The molecular formula is C18H24F2N4O2. The Morgan fingerprint density at radius 3 is 2.58 bits per heavy atom. The molecule has 0 bridgehead atoms. The molecule has 0 radical (unpaired) electrons. The zero-order valence-corrected chi connectivity index (χ0v) is 15.1. The van der Waals surface area contributed by atoms with Crippen LogP contribution >= 0.6 is 0 Å². The first kappa shape index (κ1) is 19.7. The molecule has 0 saturated heterocycles. The van der Waals surface area contributed by atoms with Crippen LogP contribution < -0.4 is 15.4 Å². The molecule has 0 amide bonds. The molecule has 1 atom stereocenters. The molecule has 0 aliphatic carbocycles. The van der Waals surface area contributed by atoms with Crippen LogP contribution in [-0.4, -0.2) is 45.2 Å². The number of likely N-dealkylation sites (N-methyl/N-ethyl adjacent to an activating group) is 1. The highest BCUT2D eigenvalue weighted by atomic mass is 19.3. The van der Waals surface area contributed by atoms with E-state index in [0.29, 0.717) is 24.6 Å². The number of ether oxygens (including phenoxy) is 1. The van der Waals surface area contributed by atoms with Gasteiger partial charge in [0.2, 0.25) is 0 Å². The van der Waals surface area contributed by atoms with Crippen LogP contribution in [0.2, 0.25) is 0 Å². The maximum Gasteiger partial charge on any atom is 0.387 e. The van der Waals surface area contributed by atoms with E-state index in [1.165, 1.54) is 6.07 Å². The molecular weight excluding hydrogens is 342 g/mol. The Kier molecular flexibility index (Phi) is 7.40. The molecule has 1 aromatic carbocycles. The maximum absolute atomic E-state index is 12.5. The number of rotatable bonds is 8. The molecule has 2 rings (SSSR count). The van der Waals surface area contributed by atoms with E-state index >= 15 is 0 Å². The number of furan rings is 1. The Bertz CT molecular complexity index is 690. The lowest BCUT2D eigenvalue weighted by molar-refractivity contribution is -0.0504. The van der Waals surface area contributed by atoms with E-state index in [0.717, 1.165) is 5.76 Å². The quantitative estimate of drug-likeness (QED) is 0.556. The lowest BCUT2D eigenvalue weighted by Gasteiger charge is -2.23. The fourth-order valence-electron chi connectivity index (χ4n) is 2.47. The van der Waals surface area contributed by atoms with Crippen LogP contribution in [0.3, 0.4) is 0 Å². The molecule has 26 heavy (non-hydrogen) atoms. The molecule has 1 unspecified atom stereocenters. The zero-order valence-electron chi connectivity index (χ0n) is 15.1. The van der Waals surface area contributed by atoms with E-state index < -0.39 is 6.61 Å². The molecule has 0 spiro atoms. The van der Waals surface area contributed by atoms with Crippen molar-refractivity contribution in [3.63, 3.8) is 0 Å². The van der Waals surface area contributed by atoms with Crippen LogP contribution in [0.5, 0.6) is 5.75 Å². The molecule has 0 saturated carbocycles. The van der Waals surface area contributed by atoms with Gasteiger partial charge in [-0.05, 0) is 32.3 Å². The Labute approximate surface area is 151 Å². The minimum atomic E-state index is -2.86. The molecule has 1 aromatic heterocycles. The number of nitrogens with one attached hydrogen (secondary N) is 2. The third kappa shape index (κ3) is 5.73. The summed E-state index contributed by atoms with van der Waals surface area (Å²) in [4.78, 5) is 6.20. The number of nitrogens with zero attached hydrogens (tertiary/aromatic N) is 2. The summed E-state index contributed by atoms with van der Waals surface area (Å²) < 4.78 is 35.0. The summed E-state index contributed by atoms with van der Waals surface area (Å²) >= 11 is 0. The first-order valence-electron chi connectivity index (χ1n) is 8.18. The number of hydrogen-bond acceptors (Lipinski definition) is 4. The molecule has 0 aliphatic heterocycles. The highest BCUT2D eigenvalue weighted by Crippen LogP contribution is 2.20. The topological polar surface area (TPSA) is 62.0 Å². The number of aliphatic imine (C=N–C) groups is 1. The van der Waals surface area contributed by atoms with Crippen molar-refractivity contribution in [2.45, 2.75) is 19.2 Å². The number of alkyl halides is 2. The molecule has 6 nitrogen and oxygen atoms in total. The summed E-state index contributed by atoms with van der Waals surface area (Å²) in [7, 11) is 5.57. The number of benzene rings is 1. The second-order valence-corrected chi connectivity index (χ2v) is 5.79. The third-order valence-electron chi connectivity index (χ3n) is 3.82. The van der Waals surface area contributed by atoms with Gasteiger partial charge < -0.3 is 19.8 Å². The molecule has 0 aliphatic rings. The third-order valence-corrected chi connectivity index (χ3v) is 3.82. The van der Waals surface area contributed by atoms with E-state index in [1.54, 1.807) is 31.5 Å². The van der Waals surface area contributed by atoms with Crippen molar-refractivity contribution in [1.82, 2.24) is 15.5 Å². The molecule has 8 heteroatoms. The largest absolute Gasteiger partial charge is 0.468 e. The summed E-state index contributed by atoms with van der Waals surface area (Å²) in [6.45, 7) is -1.99. The predicted molar refractivity (Wildman–Crippen MR) is 96.4 cm³/mol. The van der Waals surface area contributed by atoms with Crippen molar-refractivity contribution < 1.29 is 17.9 Å². The van der Waals surface area contributed by atoms with Crippen molar-refractivity contribution in [2.75, 3.05) is 27.7 Å². The van der Waals surface area contributed by atoms with E-state index in [-0.39, 0.29) is 11.8 Å². The lowest BCUT2D eigenvalue weighted by atomic mass is 10.2. The standard InChI is InChI=1S/C18H24F2N4O2/c1-21-18(23-12-14(24(2)3)16-9-6-10-25-16)22-11-13-7-4-5-8-15(13)26-17(19)20/h4-10,14,17H,11-12H2,1-3H3,(H2,21,22,23). The Hall–Kier alpha value is -2.61. The van der Waals surface area contributed by atoms with Gasteiger partial charge in [-0.1, -0.05) is 18.2 Å². The SMILES string of the molecule is CN=C(NCc1ccccc1OC(F)F)NCC(c1ccco1)N(C)C. The number of para-hydroxylation sites is 1. The van der Waals surface area contributed by atoms with Gasteiger partial charge in [0.1, 0.15) is 11.5 Å². The Balaban J connectivity index is 1.94. The van der Waals surface area contributed by atoms with Crippen molar-refractivity contribution >= 4 is 5.96 Å². The van der Waals surface area contributed by atoms with Crippen molar-refractivity contribution in [3.8, 4) is 5.75 Å². The second kappa shape index (κ2) is 9.76. The highest BCUT2D eigenvalue weighted by Gasteiger charge is 2.17. The van der Waals surface area contributed by atoms with E-state index in [9.17, 15) is 8.78 Å². The maximum atomic E-state index is 12.5. The van der Waals surface area contributed by atoms with Crippen LogP contribution in [0.4, 0.5) is 8.78 Å². The highest BCUT2D eigenvalue weighted by molar-refractivity contribution is 5.79. The summed E-state index contributed by atoms with van der Waals surface area (Å²) in [5, 5.41) is 6.32. The molecule has 2 N–H and O–H groups in total. The van der Waals surface area contributed by atoms with Crippen molar-refractivity contribution in [3.05, 3.63) is 54.0 Å². The molecule has 1 heterocycles. The van der Waals surface area contributed by atoms with Gasteiger partial charge in [0.05, 0.1) is 12.3 Å². The fourth-order valence-corrected chi connectivity index (χ4v) is 2.47. The minimum Gasteiger partial charge on any atom is -0.468 e.